The largest absolute Gasteiger partial charge is 0.495 e. The van der Waals surface area contributed by atoms with Crippen LogP contribution in [0, 0.1) is 0 Å². The molecule has 10 heteroatoms. The summed E-state index contributed by atoms with van der Waals surface area (Å²) in [7, 11) is 0.894. The molecule has 3 rings (SSSR count). The lowest BCUT2D eigenvalue weighted by molar-refractivity contribution is -0.137. The van der Waals surface area contributed by atoms with Gasteiger partial charge in [-0.15, -0.1) is 0 Å². The Hall–Kier alpha value is -1.70. The van der Waals surface area contributed by atoms with Crippen molar-refractivity contribution in [1.82, 2.24) is 9.88 Å². The van der Waals surface area contributed by atoms with E-state index in [4.69, 9.17) is 21.1 Å². The van der Waals surface area contributed by atoms with Crippen molar-refractivity contribution in [3.8, 4) is 5.75 Å². The number of methoxy groups -OCH3 is 2. The zero-order valence-electron chi connectivity index (χ0n) is 15.2. The number of pyridine rings is 1. The average molecular weight is 414 g/mol. The Kier molecular flexibility index (Phi) is 6.03. The summed E-state index contributed by atoms with van der Waals surface area (Å²) in [6.07, 6.45) is -0.0232. The molecule has 2 aromatic rings. The Morgan fingerprint density at radius 2 is 2.19 bits per heavy atom. The second-order valence-corrected chi connectivity index (χ2v) is 7.66. The highest BCUT2D eigenvalue weighted by molar-refractivity contribution is 7.45. The van der Waals surface area contributed by atoms with Crippen molar-refractivity contribution >= 4 is 42.6 Å². The Morgan fingerprint density at radius 1 is 1.44 bits per heavy atom. The molecule has 0 saturated heterocycles. The first-order valence-electron chi connectivity index (χ1n) is 8.25. The summed E-state index contributed by atoms with van der Waals surface area (Å²) in [5.74, 6) is 0.902. The number of nitrogens with one attached hydrogen (secondary N) is 1. The summed E-state index contributed by atoms with van der Waals surface area (Å²) in [4.78, 5) is 37.3. The van der Waals surface area contributed by atoms with Crippen LogP contribution in [0.2, 0.25) is 5.02 Å². The van der Waals surface area contributed by atoms with E-state index < -0.39 is 8.38 Å². The fraction of sp³-hybridized carbons (Fsp3) is 0.412. The molecule has 0 saturated carbocycles. The highest BCUT2D eigenvalue weighted by Crippen LogP contribution is 2.43. The van der Waals surface area contributed by atoms with E-state index in [9.17, 15) is 14.6 Å². The van der Waals surface area contributed by atoms with Crippen molar-refractivity contribution in [1.29, 1.82) is 0 Å². The summed E-state index contributed by atoms with van der Waals surface area (Å²) in [6, 6.07) is 3.32. The maximum Gasteiger partial charge on any atom is 0.249 e. The number of anilines is 1. The van der Waals surface area contributed by atoms with Crippen LogP contribution >= 0.6 is 20.0 Å². The van der Waals surface area contributed by atoms with Gasteiger partial charge in [0.25, 0.3) is 0 Å². The monoisotopic (exact) mass is 413 g/mol. The van der Waals surface area contributed by atoms with Gasteiger partial charge in [-0.3, -0.25) is 4.79 Å². The summed E-state index contributed by atoms with van der Waals surface area (Å²) in [5, 5.41) is 4.23. The van der Waals surface area contributed by atoms with Gasteiger partial charge >= 0.3 is 0 Å². The van der Waals surface area contributed by atoms with Gasteiger partial charge in [-0.2, -0.15) is 0 Å². The molecule has 1 aromatic heterocycles. The molecule has 27 heavy (non-hydrogen) atoms. The number of hydrogen-bond acceptors (Lipinski definition) is 7. The van der Waals surface area contributed by atoms with Gasteiger partial charge in [0.1, 0.15) is 18.2 Å². The lowest BCUT2D eigenvalue weighted by Crippen LogP contribution is -2.31. The number of carbonyl (C=O) groups is 1. The average Bonchev–Trinajstić information content (AvgIpc) is 2.97. The van der Waals surface area contributed by atoms with Crippen molar-refractivity contribution in [3.63, 3.8) is 0 Å². The third-order valence-electron chi connectivity index (χ3n) is 4.59. The minimum absolute atomic E-state index is 0.0137. The summed E-state index contributed by atoms with van der Waals surface area (Å²) < 4.78 is 10.3. The number of benzene rings is 1. The van der Waals surface area contributed by atoms with Gasteiger partial charge in [0.15, 0.2) is 8.38 Å². The van der Waals surface area contributed by atoms with Crippen LogP contribution < -0.4 is 10.1 Å². The van der Waals surface area contributed by atoms with Crippen LogP contribution in [-0.4, -0.2) is 52.7 Å². The fourth-order valence-corrected chi connectivity index (χ4v) is 3.91. The molecular formula is C17H21ClN3O5P. The molecule has 146 valence electrons. The first-order chi connectivity index (χ1) is 12.9. The Balaban J connectivity index is 2.16. The van der Waals surface area contributed by atoms with E-state index in [2.05, 4.69) is 10.3 Å². The van der Waals surface area contributed by atoms with Gasteiger partial charge in [-0.25, -0.2) is 4.98 Å². The molecule has 0 unspecified atom stereocenters. The molecule has 0 aliphatic carbocycles. The van der Waals surface area contributed by atoms with E-state index in [1.54, 1.807) is 18.1 Å². The van der Waals surface area contributed by atoms with E-state index in [1.807, 2.05) is 13.0 Å². The van der Waals surface area contributed by atoms with Crippen LogP contribution in [0.5, 0.6) is 5.75 Å². The van der Waals surface area contributed by atoms with E-state index in [0.717, 1.165) is 16.5 Å². The van der Waals surface area contributed by atoms with E-state index >= 15 is 0 Å². The van der Waals surface area contributed by atoms with E-state index in [-0.39, 0.29) is 24.8 Å². The molecule has 0 spiro atoms. The number of rotatable bonds is 6. The number of ether oxygens (including phenoxy) is 2. The summed E-state index contributed by atoms with van der Waals surface area (Å²) in [6.45, 7) is 2.28. The number of amides is 1. The molecule has 1 aliphatic rings. The first kappa shape index (κ1) is 20.0. The van der Waals surface area contributed by atoms with Crippen LogP contribution in [0.3, 0.4) is 0 Å². The number of carbonyl (C=O) groups excluding carboxylic acids is 1. The molecular weight excluding hydrogens is 393 g/mol. The summed E-state index contributed by atoms with van der Waals surface area (Å²) in [5.41, 5.74) is 2.40. The van der Waals surface area contributed by atoms with Crippen LogP contribution in [-0.2, 0) is 16.1 Å². The minimum atomic E-state index is -2.13. The van der Waals surface area contributed by atoms with E-state index in [1.165, 1.54) is 7.11 Å². The Morgan fingerprint density at radius 3 is 2.81 bits per heavy atom. The molecule has 0 fully saturated rings. The van der Waals surface area contributed by atoms with Crippen molar-refractivity contribution in [2.45, 2.75) is 19.5 Å². The number of nitrogens with zero attached hydrogens (tertiary/aromatic N) is 2. The number of fused-ring (bicyclic) bond motifs is 3. The van der Waals surface area contributed by atoms with Gasteiger partial charge in [-0.1, -0.05) is 11.6 Å². The second-order valence-electron chi connectivity index (χ2n) is 6.19. The van der Waals surface area contributed by atoms with Gasteiger partial charge < -0.3 is 29.5 Å². The van der Waals surface area contributed by atoms with Crippen molar-refractivity contribution in [2.75, 3.05) is 32.4 Å². The Labute approximate surface area is 163 Å². The molecule has 8 nitrogen and oxygen atoms in total. The second kappa shape index (κ2) is 8.12. The highest BCUT2D eigenvalue weighted by Gasteiger charge is 2.34. The van der Waals surface area contributed by atoms with Crippen molar-refractivity contribution < 1.29 is 24.1 Å². The van der Waals surface area contributed by atoms with Crippen LogP contribution in [0.15, 0.2) is 12.1 Å². The minimum Gasteiger partial charge on any atom is -0.495 e. The molecule has 0 radical (unpaired) electrons. The van der Waals surface area contributed by atoms with Gasteiger partial charge in [0.05, 0.1) is 36.5 Å². The summed E-state index contributed by atoms with van der Waals surface area (Å²) >= 11 is 6.25. The number of halogens is 1. The SMILES string of the molecule is COCC(=O)N1Cc2c(NCP(O)O)nc3cc(Cl)c(OC)cc3c2[C@@H]1C. The maximum absolute atomic E-state index is 12.5. The number of aromatic nitrogens is 1. The normalized spacial score (nSPS) is 16.1. The molecule has 2 heterocycles. The fourth-order valence-electron chi connectivity index (χ4n) is 3.39. The van der Waals surface area contributed by atoms with Crippen LogP contribution in [0.4, 0.5) is 5.82 Å². The predicted octanol–water partition coefficient (Wildman–Crippen LogP) is 2.61. The smallest absolute Gasteiger partial charge is 0.249 e. The molecule has 1 amide bonds. The van der Waals surface area contributed by atoms with Gasteiger partial charge in [0, 0.05) is 18.1 Å². The van der Waals surface area contributed by atoms with Crippen LogP contribution in [0.1, 0.15) is 24.1 Å². The lowest BCUT2D eigenvalue weighted by atomic mass is 10.00. The van der Waals surface area contributed by atoms with Gasteiger partial charge in [-0.05, 0) is 24.6 Å². The quantitative estimate of drug-likeness (QED) is 0.625. The third kappa shape index (κ3) is 3.81. The van der Waals surface area contributed by atoms with Crippen molar-refractivity contribution in [2.24, 2.45) is 0 Å². The molecule has 0 bridgehead atoms. The number of hydrogen-bond donors (Lipinski definition) is 3. The molecule has 1 aliphatic heterocycles. The predicted molar refractivity (Wildman–Crippen MR) is 104 cm³/mol. The Bertz CT molecular complexity index is 880. The zero-order valence-corrected chi connectivity index (χ0v) is 16.8. The lowest BCUT2D eigenvalue weighted by Gasteiger charge is -2.22. The first-order valence-corrected chi connectivity index (χ1v) is 10.1. The topological polar surface area (TPSA) is 104 Å². The molecule has 3 N–H and O–H groups in total. The van der Waals surface area contributed by atoms with Crippen LogP contribution in [0.25, 0.3) is 10.9 Å². The molecule has 1 aromatic carbocycles. The third-order valence-corrected chi connectivity index (χ3v) is 5.33. The highest BCUT2D eigenvalue weighted by atomic mass is 35.5. The van der Waals surface area contributed by atoms with Crippen molar-refractivity contribution in [3.05, 3.63) is 28.3 Å². The van der Waals surface area contributed by atoms with E-state index in [0.29, 0.717) is 28.7 Å². The van der Waals surface area contributed by atoms with Gasteiger partial charge in [0.2, 0.25) is 5.91 Å². The standard InChI is InChI=1S/C17H21ClN3O5P/c1-9-16-10-4-14(26-3)12(18)5-13(10)20-17(19-8-27(23)24)11(16)6-21(9)15(22)7-25-2/h4-5,9,23-24H,6-8H2,1-3H3,(H,19,20)/t9-/m0/s1. The molecule has 1 atom stereocenters. The maximum atomic E-state index is 12.5. The zero-order chi connectivity index (χ0) is 19.7.